The molecule has 6 heteroatoms. The van der Waals surface area contributed by atoms with Gasteiger partial charge in [0.05, 0.1) is 5.52 Å². The summed E-state index contributed by atoms with van der Waals surface area (Å²) in [4.78, 5) is 20.4. The van der Waals surface area contributed by atoms with Crippen LogP contribution in [-0.2, 0) is 29.2 Å². The number of pyridine rings is 2. The summed E-state index contributed by atoms with van der Waals surface area (Å²) in [5.74, 6) is -0.165. The fourth-order valence-electron chi connectivity index (χ4n) is 3.44. The first-order valence-corrected chi connectivity index (χ1v) is 8.96. The lowest BCUT2D eigenvalue weighted by atomic mass is 9.80. The minimum atomic E-state index is -4.53. The van der Waals surface area contributed by atoms with Gasteiger partial charge in [-0.15, -0.1) is 0 Å². The van der Waals surface area contributed by atoms with Gasteiger partial charge in [-0.3, -0.25) is 14.8 Å². The van der Waals surface area contributed by atoms with E-state index in [9.17, 15) is 18.0 Å². The van der Waals surface area contributed by atoms with Crippen molar-refractivity contribution in [2.45, 2.75) is 45.2 Å². The first-order valence-electron chi connectivity index (χ1n) is 8.96. The zero-order chi connectivity index (χ0) is 20.5. The Labute approximate surface area is 161 Å². The summed E-state index contributed by atoms with van der Waals surface area (Å²) in [7, 11) is 0. The number of Topliss-reactive ketones (excluding diaryl/α,β-unsaturated/α-hetero) is 1. The number of alkyl halides is 3. The van der Waals surface area contributed by atoms with E-state index in [1.54, 1.807) is 6.20 Å². The minimum Gasteiger partial charge on any atom is -0.299 e. The maximum atomic E-state index is 12.8. The zero-order valence-electron chi connectivity index (χ0n) is 16.0. The maximum absolute atomic E-state index is 12.8. The number of para-hydroxylation sites is 1. The van der Waals surface area contributed by atoms with Crippen LogP contribution in [0.2, 0.25) is 0 Å². The van der Waals surface area contributed by atoms with Gasteiger partial charge in [-0.1, -0.05) is 39.0 Å². The van der Waals surface area contributed by atoms with Crippen molar-refractivity contribution < 1.29 is 18.0 Å². The molecule has 0 aliphatic heterocycles. The molecular formula is C22H21F3N2O. The van der Waals surface area contributed by atoms with Crippen LogP contribution in [0.25, 0.3) is 10.9 Å². The van der Waals surface area contributed by atoms with E-state index in [4.69, 9.17) is 0 Å². The molecule has 0 spiro atoms. The second-order valence-corrected chi connectivity index (χ2v) is 7.86. The average molecular weight is 386 g/mol. The van der Waals surface area contributed by atoms with Crippen molar-refractivity contribution in [1.29, 1.82) is 0 Å². The Balaban J connectivity index is 1.90. The molecule has 0 unspecified atom stereocenters. The van der Waals surface area contributed by atoms with Crippen molar-refractivity contribution in [2.75, 3.05) is 0 Å². The molecule has 28 heavy (non-hydrogen) atoms. The summed E-state index contributed by atoms with van der Waals surface area (Å²) >= 11 is 0. The predicted molar refractivity (Wildman–Crippen MR) is 102 cm³/mol. The zero-order valence-corrected chi connectivity index (χ0v) is 16.0. The van der Waals surface area contributed by atoms with E-state index >= 15 is 0 Å². The van der Waals surface area contributed by atoms with Crippen molar-refractivity contribution in [2.24, 2.45) is 0 Å². The summed E-state index contributed by atoms with van der Waals surface area (Å²) in [5.41, 5.74) is 1.81. The highest BCUT2D eigenvalue weighted by Gasteiger charge is 2.32. The van der Waals surface area contributed by atoms with Crippen LogP contribution >= 0.6 is 0 Å². The van der Waals surface area contributed by atoms with Crippen LogP contribution in [0.4, 0.5) is 13.2 Å². The van der Waals surface area contributed by atoms with Crippen LogP contribution in [0.15, 0.2) is 48.8 Å². The maximum Gasteiger partial charge on any atom is 0.433 e. The Morgan fingerprint density at radius 3 is 2.39 bits per heavy atom. The quantitative estimate of drug-likeness (QED) is 0.611. The van der Waals surface area contributed by atoms with E-state index in [1.165, 1.54) is 6.07 Å². The molecule has 3 nitrogen and oxygen atoms in total. The number of hydrogen-bond acceptors (Lipinski definition) is 3. The Kier molecular flexibility index (Phi) is 5.24. The molecule has 0 fully saturated rings. The number of ketones is 1. The third kappa shape index (κ3) is 4.38. The van der Waals surface area contributed by atoms with E-state index in [0.29, 0.717) is 5.56 Å². The number of benzene rings is 1. The van der Waals surface area contributed by atoms with Gasteiger partial charge in [0, 0.05) is 30.6 Å². The summed E-state index contributed by atoms with van der Waals surface area (Å²) in [6.07, 6.45) is -1.70. The van der Waals surface area contributed by atoms with Gasteiger partial charge in [0.25, 0.3) is 0 Å². The van der Waals surface area contributed by atoms with Crippen LogP contribution in [-0.4, -0.2) is 15.8 Å². The Morgan fingerprint density at radius 1 is 1.00 bits per heavy atom. The largest absolute Gasteiger partial charge is 0.433 e. The molecule has 2 aromatic heterocycles. The number of hydrogen-bond donors (Lipinski definition) is 0. The molecule has 0 aliphatic carbocycles. The highest BCUT2D eigenvalue weighted by Crippen LogP contribution is 2.33. The molecule has 3 rings (SSSR count). The molecule has 0 aliphatic rings. The lowest BCUT2D eigenvalue weighted by molar-refractivity contribution is -0.141. The number of aromatic nitrogens is 2. The first-order chi connectivity index (χ1) is 13.1. The Hall–Kier alpha value is -2.76. The van der Waals surface area contributed by atoms with Crippen molar-refractivity contribution >= 4 is 16.7 Å². The number of carbonyl (C=O) groups is 1. The summed E-state index contributed by atoms with van der Waals surface area (Å²) in [6.45, 7) is 6.21. The molecule has 0 saturated carbocycles. The van der Waals surface area contributed by atoms with Gasteiger partial charge in [0.15, 0.2) is 0 Å². The second-order valence-electron chi connectivity index (χ2n) is 7.86. The van der Waals surface area contributed by atoms with E-state index in [1.807, 2.05) is 24.3 Å². The van der Waals surface area contributed by atoms with Crippen LogP contribution in [0.3, 0.4) is 0 Å². The van der Waals surface area contributed by atoms with Gasteiger partial charge in [-0.2, -0.15) is 13.2 Å². The molecule has 0 bridgehead atoms. The number of nitrogens with zero attached hydrogens (tertiary/aromatic N) is 2. The van der Waals surface area contributed by atoms with E-state index in [0.717, 1.165) is 34.3 Å². The molecule has 0 atom stereocenters. The standard InChI is InChI=1S/C22H21F3N2O/c1-21(2,3)20-15(13-27-18-7-5-4-6-17(18)20)12-16(28)10-14-8-9-26-19(11-14)22(23,24)25/h4-9,11,13H,10,12H2,1-3H3. The number of fused-ring (bicyclic) bond motifs is 1. The van der Waals surface area contributed by atoms with Gasteiger partial charge in [0.1, 0.15) is 11.5 Å². The Morgan fingerprint density at radius 2 is 1.71 bits per heavy atom. The van der Waals surface area contributed by atoms with Gasteiger partial charge in [0.2, 0.25) is 0 Å². The van der Waals surface area contributed by atoms with Crippen LogP contribution in [0.5, 0.6) is 0 Å². The van der Waals surface area contributed by atoms with Crippen molar-refractivity contribution in [3.63, 3.8) is 0 Å². The lowest BCUT2D eigenvalue weighted by Gasteiger charge is -2.24. The molecule has 0 saturated heterocycles. The second kappa shape index (κ2) is 7.34. The number of halogens is 3. The normalized spacial score (nSPS) is 12.4. The average Bonchev–Trinajstić information content (AvgIpc) is 2.59. The summed E-state index contributed by atoms with van der Waals surface area (Å²) < 4.78 is 38.5. The molecule has 0 N–H and O–H groups in total. The minimum absolute atomic E-state index is 0.0813. The Bertz CT molecular complexity index is 1020. The van der Waals surface area contributed by atoms with Crippen molar-refractivity contribution in [1.82, 2.24) is 9.97 Å². The molecule has 1 aromatic carbocycles. The highest BCUT2D eigenvalue weighted by molar-refractivity contribution is 5.88. The molecule has 0 radical (unpaired) electrons. The monoisotopic (exact) mass is 386 g/mol. The SMILES string of the molecule is CC(C)(C)c1c(CC(=O)Cc2ccnc(C(F)(F)F)c2)cnc2ccccc12. The number of rotatable bonds is 4. The predicted octanol–water partition coefficient (Wildman–Crippen LogP) is 5.30. The first kappa shape index (κ1) is 20.0. The highest BCUT2D eigenvalue weighted by atomic mass is 19.4. The smallest absolute Gasteiger partial charge is 0.299 e. The van der Waals surface area contributed by atoms with Crippen molar-refractivity contribution in [3.05, 3.63) is 71.2 Å². The fraction of sp³-hybridized carbons (Fsp3) is 0.318. The molecular weight excluding hydrogens is 365 g/mol. The van der Waals surface area contributed by atoms with Gasteiger partial charge in [-0.05, 0) is 40.3 Å². The van der Waals surface area contributed by atoms with E-state index in [-0.39, 0.29) is 24.0 Å². The van der Waals surface area contributed by atoms with Crippen molar-refractivity contribution in [3.8, 4) is 0 Å². The van der Waals surface area contributed by atoms with Gasteiger partial charge >= 0.3 is 6.18 Å². The van der Waals surface area contributed by atoms with Gasteiger partial charge in [-0.25, -0.2) is 0 Å². The van der Waals surface area contributed by atoms with Gasteiger partial charge < -0.3 is 0 Å². The van der Waals surface area contributed by atoms with Crippen LogP contribution in [0.1, 0.15) is 43.2 Å². The van der Waals surface area contributed by atoms with Crippen LogP contribution < -0.4 is 0 Å². The fourth-order valence-corrected chi connectivity index (χ4v) is 3.44. The molecule has 0 amide bonds. The topological polar surface area (TPSA) is 42.9 Å². The third-order valence-electron chi connectivity index (χ3n) is 4.51. The van der Waals surface area contributed by atoms with E-state index in [2.05, 4.69) is 30.7 Å². The third-order valence-corrected chi connectivity index (χ3v) is 4.51. The van der Waals surface area contributed by atoms with Crippen LogP contribution in [0, 0.1) is 0 Å². The van der Waals surface area contributed by atoms with E-state index < -0.39 is 11.9 Å². The molecule has 146 valence electrons. The summed E-state index contributed by atoms with van der Waals surface area (Å²) in [6, 6.07) is 10.1. The number of carbonyl (C=O) groups excluding carboxylic acids is 1. The molecule has 2 heterocycles. The lowest BCUT2D eigenvalue weighted by Crippen LogP contribution is -2.18. The molecule has 3 aromatic rings. The summed E-state index contributed by atoms with van der Waals surface area (Å²) in [5, 5.41) is 0.989.